The van der Waals surface area contributed by atoms with Gasteiger partial charge in [-0.1, -0.05) is 121 Å². The SMILES string of the molecule is C1=NC(c2cncc(-c3ccc4c5c(cccc35)-c3c-4c(-c4ccccc4)c4ccccc4c3-c3ccccc3)n2)=CCC1. The number of hydrogen-bond donors (Lipinski definition) is 0. The quantitative estimate of drug-likeness (QED) is 0.214. The fourth-order valence-corrected chi connectivity index (χ4v) is 7.13. The van der Waals surface area contributed by atoms with Gasteiger partial charge in [0.2, 0.25) is 0 Å². The molecule has 206 valence electrons. The predicted octanol–water partition coefficient (Wildman–Crippen LogP) is 10.6. The van der Waals surface area contributed by atoms with Gasteiger partial charge in [0.05, 0.1) is 23.8 Å². The second kappa shape index (κ2) is 9.96. The second-order valence-corrected chi connectivity index (χ2v) is 11.4. The molecule has 0 bridgehead atoms. The molecule has 1 aliphatic heterocycles. The molecule has 0 amide bonds. The monoisotopic (exact) mass is 561 g/mol. The fraction of sp³-hybridized carbons (Fsp3) is 0.0488. The van der Waals surface area contributed by atoms with Gasteiger partial charge < -0.3 is 0 Å². The summed E-state index contributed by atoms with van der Waals surface area (Å²) in [6, 6.07) is 41.8. The van der Waals surface area contributed by atoms with E-state index >= 15 is 0 Å². The average Bonchev–Trinajstić information content (AvgIpc) is 3.43. The van der Waals surface area contributed by atoms with Crippen LogP contribution < -0.4 is 0 Å². The average molecular weight is 562 g/mol. The highest BCUT2D eigenvalue weighted by atomic mass is 14.9. The lowest BCUT2D eigenvalue weighted by Crippen LogP contribution is -1.96. The van der Waals surface area contributed by atoms with Gasteiger partial charge in [-0.25, -0.2) is 4.98 Å². The number of benzene rings is 6. The van der Waals surface area contributed by atoms with Crippen molar-refractivity contribution in [3.05, 3.63) is 139 Å². The van der Waals surface area contributed by atoms with Crippen molar-refractivity contribution < 1.29 is 0 Å². The molecule has 44 heavy (non-hydrogen) atoms. The molecule has 9 rings (SSSR count). The van der Waals surface area contributed by atoms with E-state index in [1.165, 1.54) is 66.1 Å². The second-order valence-electron chi connectivity index (χ2n) is 11.4. The van der Waals surface area contributed by atoms with Crippen LogP contribution >= 0.6 is 0 Å². The maximum absolute atomic E-state index is 5.08. The van der Waals surface area contributed by atoms with Gasteiger partial charge in [0.15, 0.2) is 0 Å². The number of nitrogens with zero attached hydrogens (tertiary/aromatic N) is 3. The number of allylic oxidation sites excluding steroid dienone is 1. The van der Waals surface area contributed by atoms with Crippen molar-refractivity contribution in [2.75, 3.05) is 0 Å². The van der Waals surface area contributed by atoms with Crippen molar-refractivity contribution in [3.8, 4) is 55.8 Å². The van der Waals surface area contributed by atoms with Crippen LogP contribution in [0, 0.1) is 0 Å². The molecule has 0 unspecified atom stereocenters. The molecule has 1 aliphatic carbocycles. The van der Waals surface area contributed by atoms with E-state index in [1.54, 1.807) is 0 Å². The summed E-state index contributed by atoms with van der Waals surface area (Å²) < 4.78 is 0. The molecule has 6 aromatic carbocycles. The summed E-state index contributed by atoms with van der Waals surface area (Å²) in [4.78, 5) is 14.3. The standard InChI is InChI=1S/C41H27N3/c1-3-12-26(13-4-1)37-30-16-7-8-17-31(30)38(27-14-5-2-6-15-27)41-33-22-21-28(29-18-11-19-32(39(29)33)40(37)41)35-24-42-25-36(44-35)34-20-9-10-23-43-34/h1-8,11-25H,9-10H2. The largest absolute Gasteiger partial charge is 0.260 e. The molecule has 3 heteroatoms. The van der Waals surface area contributed by atoms with Gasteiger partial charge in [0.25, 0.3) is 0 Å². The van der Waals surface area contributed by atoms with Crippen LogP contribution in [0.2, 0.25) is 0 Å². The van der Waals surface area contributed by atoms with Gasteiger partial charge in [-0.3, -0.25) is 9.98 Å². The minimum Gasteiger partial charge on any atom is -0.260 e. The first-order chi connectivity index (χ1) is 21.9. The molecule has 1 aromatic heterocycles. The lowest BCUT2D eigenvalue weighted by Gasteiger charge is -2.20. The number of aliphatic imine (C=N–C) groups is 1. The maximum Gasteiger partial charge on any atom is 0.107 e. The van der Waals surface area contributed by atoms with E-state index in [0.29, 0.717) is 0 Å². The van der Waals surface area contributed by atoms with E-state index in [2.05, 4.69) is 131 Å². The fourth-order valence-electron chi connectivity index (χ4n) is 7.13. The van der Waals surface area contributed by atoms with Crippen LogP contribution in [0.1, 0.15) is 18.5 Å². The van der Waals surface area contributed by atoms with Crippen molar-refractivity contribution in [1.29, 1.82) is 0 Å². The summed E-state index contributed by atoms with van der Waals surface area (Å²) in [5.41, 5.74) is 13.8. The molecule has 0 atom stereocenters. The van der Waals surface area contributed by atoms with Crippen molar-refractivity contribution in [2.45, 2.75) is 12.8 Å². The Bertz CT molecular complexity index is 2220. The Balaban J connectivity index is 1.38. The smallest absolute Gasteiger partial charge is 0.107 e. The molecule has 2 aliphatic rings. The van der Waals surface area contributed by atoms with Gasteiger partial charge in [-0.15, -0.1) is 0 Å². The number of fused-ring (bicyclic) bond motifs is 4. The highest BCUT2D eigenvalue weighted by Crippen LogP contribution is 2.58. The molecule has 0 saturated carbocycles. The summed E-state index contributed by atoms with van der Waals surface area (Å²) in [5, 5.41) is 4.99. The zero-order chi connectivity index (χ0) is 29.0. The Hall–Kier alpha value is -5.67. The number of rotatable bonds is 4. The first-order valence-electron chi connectivity index (χ1n) is 15.2. The van der Waals surface area contributed by atoms with E-state index < -0.39 is 0 Å². The third kappa shape index (κ3) is 3.73. The number of aromatic nitrogens is 2. The molecular formula is C41H27N3. The third-order valence-corrected chi connectivity index (χ3v) is 8.96. The van der Waals surface area contributed by atoms with Crippen molar-refractivity contribution in [2.24, 2.45) is 4.99 Å². The molecule has 0 saturated heterocycles. The summed E-state index contributed by atoms with van der Waals surface area (Å²) in [5.74, 6) is 0. The van der Waals surface area contributed by atoms with Crippen molar-refractivity contribution in [1.82, 2.24) is 9.97 Å². The Morgan fingerprint density at radius 3 is 1.70 bits per heavy atom. The molecule has 0 N–H and O–H groups in total. The molecule has 0 radical (unpaired) electrons. The van der Waals surface area contributed by atoms with Gasteiger partial charge in [-0.2, -0.15) is 0 Å². The third-order valence-electron chi connectivity index (χ3n) is 8.96. The topological polar surface area (TPSA) is 38.1 Å². The Kier molecular flexibility index (Phi) is 5.63. The first kappa shape index (κ1) is 24.9. The van der Waals surface area contributed by atoms with E-state index in [9.17, 15) is 0 Å². The number of hydrogen-bond acceptors (Lipinski definition) is 3. The normalized spacial score (nSPS) is 13.3. The van der Waals surface area contributed by atoms with Gasteiger partial charge >= 0.3 is 0 Å². The summed E-state index contributed by atoms with van der Waals surface area (Å²) in [7, 11) is 0. The van der Waals surface area contributed by atoms with Crippen molar-refractivity contribution in [3.63, 3.8) is 0 Å². The molecule has 7 aromatic rings. The zero-order valence-electron chi connectivity index (χ0n) is 24.0. The van der Waals surface area contributed by atoms with Crippen LogP contribution in [0.4, 0.5) is 0 Å². The lowest BCUT2D eigenvalue weighted by molar-refractivity contribution is 1.07. The zero-order valence-corrected chi connectivity index (χ0v) is 24.0. The summed E-state index contributed by atoms with van der Waals surface area (Å²) in [6.07, 6.45) is 9.76. The van der Waals surface area contributed by atoms with Crippen molar-refractivity contribution >= 4 is 33.5 Å². The van der Waals surface area contributed by atoms with Gasteiger partial charge in [-0.05, 0) is 78.9 Å². The molecule has 3 nitrogen and oxygen atoms in total. The first-order valence-corrected chi connectivity index (χ1v) is 15.2. The highest BCUT2D eigenvalue weighted by Gasteiger charge is 2.31. The molecule has 2 heterocycles. The predicted molar refractivity (Wildman–Crippen MR) is 183 cm³/mol. The van der Waals surface area contributed by atoms with Crippen LogP contribution in [0.25, 0.3) is 83.0 Å². The van der Waals surface area contributed by atoms with Gasteiger partial charge in [0, 0.05) is 11.8 Å². The summed E-state index contributed by atoms with van der Waals surface area (Å²) >= 11 is 0. The minimum atomic E-state index is 0.814. The van der Waals surface area contributed by atoms with Crippen LogP contribution in [0.15, 0.2) is 139 Å². The minimum absolute atomic E-state index is 0.814. The van der Waals surface area contributed by atoms with Crippen LogP contribution in [-0.4, -0.2) is 16.2 Å². The van der Waals surface area contributed by atoms with E-state index in [1.807, 2.05) is 18.6 Å². The van der Waals surface area contributed by atoms with E-state index in [4.69, 9.17) is 4.98 Å². The Morgan fingerprint density at radius 1 is 0.455 bits per heavy atom. The highest BCUT2D eigenvalue weighted by molar-refractivity contribution is 6.28. The molecule has 0 spiro atoms. The maximum atomic E-state index is 5.08. The Morgan fingerprint density at radius 2 is 1.05 bits per heavy atom. The van der Waals surface area contributed by atoms with Gasteiger partial charge in [0.1, 0.15) is 5.69 Å². The molecule has 0 fully saturated rings. The van der Waals surface area contributed by atoms with Crippen LogP contribution in [0.3, 0.4) is 0 Å². The van der Waals surface area contributed by atoms with Crippen LogP contribution in [0.5, 0.6) is 0 Å². The molecular weight excluding hydrogens is 534 g/mol. The van der Waals surface area contributed by atoms with E-state index in [-0.39, 0.29) is 0 Å². The summed E-state index contributed by atoms with van der Waals surface area (Å²) in [6.45, 7) is 0. The lowest BCUT2D eigenvalue weighted by atomic mass is 9.82. The van der Waals surface area contributed by atoms with Crippen LogP contribution in [-0.2, 0) is 0 Å². The Labute approximate surface area is 255 Å². The van der Waals surface area contributed by atoms with E-state index in [0.717, 1.165) is 35.5 Å².